The lowest BCUT2D eigenvalue weighted by atomic mass is 9.83. The van der Waals surface area contributed by atoms with E-state index in [1.54, 1.807) is 11.3 Å². The summed E-state index contributed by atoms with van der Waals surface area (Å²) in [4.78, 5) is 33.9. The summed E-state index contributed by atoms with van der Waals surface area (Å²) in [6.07, 6.45) is 8.28. The van der Waals surface area contributed by atoms with Crippen LogP contribution >= 0.6 is 11.3 Å². The van der Waals surface area contributed by atoms with Crippen LogP contribution < -0.4 is 5.32 Å². The van der Waals surface area contributed by atoms with Crippen molar-refractivity contribution in [1.29, 1.82) is 0 Å². The summed E-state index contributed by atoms with van der Waals surface area (Å²) in [7, 11) is 0. The van der Waals surface area contributed by atoms with Crippen molar-refractivity contribution in [1.82, 2.24) is 15.2 Å². The van der Waals surface area contributed by atoms with E-state index < -0.39 is 6.04 Å². The fourth-order valence-corrected chi connectivity index (χ4v) is 6.54. The molecule has 0 unspecified atom stereocenters. The highest BCUT2D eigenvalue weighted by Gasteiger charge is 2.40. The maximum absolute atomic E-state index is 14.0. The highest BCUT2D eigenvalue weighted by molar-refractivity contribution is 7.18. The zero-order valence-electron chi connectivity index (χ0n) is 20.6. The Bertz CT molecular complexity index is 979. The first-order chi connectivity index (χ1) is 15.9. The normalized spacial score (nSPS) is 21.5. The number of hydrogen-bond acceptors (Lipinski definition) is 4. The molecule has 0 spiro atoms. The molecule has 1 N–H and O–H groups in total. The van der Waals surface area contributed by atoms with Gasteiger partial charge in [-0.3, -0.25) is 9.59 Å². The number of thiazole rings is 1. The predicted octanol–water partition coefficient (Wildman–Crippen LogP) is 6.19. The minimum Gasteiger partial charge on any atom is -0.344 e. The lowest BCUT2D eigenvalue weighted by Crippen LogP contribution is -2.53. The molecule has 1 aliphatic carbocycles. The Labute approximate surface area is 202 Å². The van der Waals surface area contributed by atoms with E-state index in [9.17, 15) is 9.59 Å². The van der Waals surface area contributed by atoms with Gasteiger partial charge in [-0.25, -0.2) is 4.98 Å². The van der Waals surface area contributed by atoms with E-state index >= 15 is 0 Å². The molecule has 4 rings (SSSR count). The maximum atomic E-state index is 14.0. The van der Waals surface area contributed by atoms with Crippen molar-refractivity contribution < 1.29 is 9.59 Å². The highest BCUT2D eigenvalue weighted by Crippen LogP contribution is 2.39. The van der Waals surface area contributed by atoms with Crippen LogP contribution in [0.5, 0.6) is 0 Å². The summed E-state index contributed by atoms with van der Waals surface area (Å²) in [5, 5.41) is 4.23. The molecule has 1 aliphatic heterocycles. The molecule has 5 nitrogen and oxygen atoms in total. The van der Waals surface area contributed by atoms with Crippen LogP contribution in [0.4, 0.5) is 0 Å². The lowest BCUT2D eigenvalue weighted by molar-refractivity contribution is -0.140. The molecule has 2 amide bonds. The zero-order valence-corrected chi connectivity index (χ0v) is 21.4. The zero-order chi connectivity index (χ0) is 23.5. The number of carbonyl (C=O) groups excluding carboxylic acids is 2. The van der Waals surface area contributed by atoms with E-state index in [1.165, 1.54) is 16.7 Å². The SMILES string of the molecule is CC[C@@H](C)C(=O)N[C@H](C(=O)N1CCC[C@H]1c1nc2c(C(C)C)cccc2s1)C1CCCCC1. The Balaban J connectivity index is 1.61. The number of amides is 2. The molecule has 1 aromatic heterocycles. The van der Waals surface area contributed by atoms with Gasteiger partial charge in [0.2, 0.25) is 11.8 Å². The fraction of sp³-hybridized carbons (Fsp3) is 0.667. The van der Waals surface area contributed by atoms with Crippen molar-refractivity contribution in [3.8, 4) is 0 Å². The van der Waals surface area contributed by atoms with Crippen molar-refractivity contribution >= 4 is 33.4 Å². The molecule has 2 aromatic rings. The molecule has 1 aromatic carbocycles. The van der Waals surface area contributed by atoms with Crippen molar-refractivity contribution in [2.45, 2.75) is 97.1 Å². The van der Waals surface area contributed by atoms with Gasteiger partial charge < -0.3 is 10.2 Å². The average Bonchev–Trinajstić information content (AvgIpc) is 3.48. The van der Waals surface area contributed by atoms with Crippen LogP contribution in [0.25, 0.3) is 10.2 Å². The highest BCUT2D eigenvalue weighted by atomic mass is 32.1. The van der Waals surface area contributed by atoms with Gasteiger partial charge in [0.05, 0.1) is 16.3 Å². The number of nitrogens with zero attached hydrogens (tertiary/aromatic N) is 2. The fourth-order valence-electron chi connectivity index (χ4n) is 5.39. The van der Waals surface area contributed by atoms with Crippen LogP contribution in [0, 0.1) is 11.8 Å². The Morgan fingerprint density at radius 1 is 1.12 bits per heavy atom. The van der Waals surface area contributed by atoms with Gasteiger partial charge in [0, 0.05) is 12.5 Å². The van der Waals surface area contributed by atoms with Gasteiger partial charge in [-0.2, -0.15) is 0 Å². The standard InChI is InChI=1S/C27H39N3O2S/c1-5-18(4)25(31)28-23(19-11-7-6-8-12-19)27(32)30-16-10-14-21(30)26-29-24-20(17(2)3)13-9-15-22(24)33-26/h9,13,15,17-19,21,23H,5-8,10-12,14,16H2,1-4H3,(H,28,31)/t18-,21+,23+/m1/s1. The number of rotatable bonds is 7. The average molecular weight is 470 g/mol. The van der Waals surface area contributed by atoms with Crippen LogP contribution in [-0.2, 0) is 9.59 Å². The number of para-hydroxylation sites is 1. The molecule has 3 atom stereocenters. The summed E-state index contributed by atoms with van der Waals surface area (Å²) in [5.74, 6) is 0.694. The molecule has 0 bridgehead atoms. The summed E-state index contributed by atoms with van der Waals surface area (Å²) in [5.41, 5.74) is 2.35. The molecule has 1 saturated heterocycles. The van der Waals surface area contributed by atoms with Crippen LogP contribution in [0.3, 0.4) is 0 Å². The van der Waals surface area contributed by atoms with Crippen LogP contribution in [0.2, 0.25) is 0 Å². The van der Waals surface area contributed by atoms with Crippen molar-refractivity contribution in [2.24, 2.45) is 11.8 Å². The van der Waals surface area contributed by atoms with Crippen molar-refractivity contribution in [2.75, 3.05) is 6.54 Å². The van der Waals surface area contributed by atoms with Gasteiger partial charge in [0.1, 0.15) is 11.0 Å². The summed E-state index contributed by atoms with van der Waals surface area (Å²) in [6, 6.07) is 6.02. The molecule has 6 heteroatoms. The number of fused-ring (bicyclic) bond motifs is 1. The van der Waals surface area contributed by atoms with E-state index in [4.69, 9.17) is 4.98 Å². The first-order valence-electron chi connectivity index (χ1n) is 12.9. The minimum atomic E-state index is -0.409. The molecular formula is C27H39N3O2S. The van der Waals surface area contributed by atoms with Gasteiger partial charge in [0.15, 0.2) is 0 Å². The summed E-state index contributed by atoms with van der Waals surface area (Å²) >= 11 is 1.72. The number of benzene rings is 1. The van der Waals surface area contributed by atoms with Crippen molar-refractivity contribution in [3.63, 3.8) is 0 Å². The van der Waals surface area contributed by atoms with Gasteiger partial charge >= 0.3 is 0 Å². The summed E-state index contributed by atoms with van der Waals surface area (Å²) in [6.45, 7) is 9.13. The topological polar surface area (TPSA) is 62.3 Å². The Hall–Kier alpha value is -1.95. The van der Waals surface area contributed by atoms with E-state index in [2.05, 4.69) is 37.4 Å². The van der Waals surface area contributed by atoms with E-state index in [0.717, 1.165) is 62.0 Å². The second-order valence-electron chi connectivity index (χ2n) is 10.3. The first kappa shape index (κ1) is 24.2. The number of carbonyl (C=O) groups is 2. The van der Waals surface area contributed by atoms with E-state index in [1.807, 2.05) is 18.7 Å². The first-order valence-corrected chi connectivity index (χ1v) is 13.7. The Morgan fingerprint density at radius 3 is 2.58 bits per heavy atom. The molecule has 180 valence electrons. The van der Waals surface area contributed by atoms with Crippen LogP contribution in [0.15, 0.2) is 18.2 Å². The lowest BCUT2D eigenvalue weighted by Gasteiger charge is -2.35. The monoisotopic (exact) mass is 469 g/mol. The maximum Gasteiger partial charge on any atom is 0.246 e. The number of likely N-dealkylation sites (tertiary alicyclic amines) is 1. The molecular weight excluding hydrogens is 430 g/mol. The minimum absolute atomic E-state index is 0.0127. The Morgan fingerprint density at radius 2 is 1.88 bits per heavy atom. The number of hydrogen-bond donors (Lipinski definition) is 1. The predicted molar refractivity (Wildman–Crippen MR) is 135 cm³/mol. The van der Waals surface area contributed by atoms with E-state index in [-0.39, 0.29) is 29.7 Å². The number of aromatic nitrogens is 1. The van der Waals surface area contributed by atoms with Crippen LogP contribution in [0.1, 0.15) is 102 Å². The van der Waals surface area contributed by atoms with E-state index in [0.29, 0.717) is 5.92 Å². The summed E-state index contributed by atoms with van der Waals surface area (Å²) < 4.78 is 1.20. The molecule has 2 heterocycles. The second-order valence-corrected chi connectivity index (χ2v) is 11.3. The Kier molecular flexibility index (Phi) is 7.72. The third-order valence-electron chi connectivity index (χ3n) is 7.65. The van der Waals surface area contributed by atoms with Gasteiger partial charge in [0.25, 0.3) is 0 Å². The molecule has 33 heavy (non-hydrogen) atoms. The second kappa shape index (κ2) is 10.5. The molecule has 1 saturated carbocycles. The smallest absolute Gasteiger partial charge is 0.246 e. The largest absolute Gasteiger partial charge is 0.344 e. The third kappa shape index (κ3) is 5.11. The van der Waals surface area contributed by atoms with Gasteiger partial charge in [-0.1, -0.05) is 59.1 Å². The van der Waals surface area contributed by atoms with Gasteiger partial charge in [-0.15, -0.1) is 11.3 Å². The molecule has 2 aliphatic rings. The van der Waals surface area contributed by atoms with Gasteiger partial charge in [-0.05, 0) is 55.6 Å². The number of nitrogens with one attached hydrogen (secondary N) is 1. The quantitative estimate of drug-likeness (QED) is 0.525. The van der Waals surface area contributed by atoms with Crippen LogP contribution in [-0.4, -0.2) is 34.3 Å². The molecule has 0 radical (unpaired) electrons. The molecule has 2 fully saturated rings. The van der Waals surface area contributed by atoms with Crippen molar-refractivity contribution in [3.05, 3.63) is 28.8 Å². The third-order valence-corrected chi connectivity index (χ3v) is 8.78.